The molecule has 0 aromatic heterocycles. The van der Waals surface area contributed by atoms with Crippen molar-refractivity contribution in [3.8, 4) is 0 Å². The second kappa shape index (κ2) is 10.6. The van der Waals surface area contributed by atoms with E-state index in [2.05, 4.69) is 9.68 Å². The van der Waals surface area contributed by atoms with Gasteiger partial charge in [0.1, 0.15) is 18.3 Å². The minimum Gasteiger partial charge on any atom is -0.434 e. The molecule has 11 heteroatoms. The predicted octanol–water partition coefficient (Wildman–Crippen LogP) is 1.50. The molecule has 0 heterocycles. The third kappa shape index (κ3) is 13.9. The zero-order chi connectivity index (χ0) is 17.2. The molecular formula is C11H24N2O9. The van der Waals surface area contributed by atoms with Gasteiger partial charge in [-0.1, -0.05) is 0 Å². The molecular weight excluding hydrogens is 304 g/mol. The quantitative estimate of drug-likeness (QED) is 0.263. The molecule has 11 nitrogen and oxygen atoms in total. The van der Waals surface area contributed by atoms with E-state index >= 15 is 0 Å². The Labute approximate surface area is 127 Å². The van der Waals surface area contributed by atoms with E-state index < -0.39 is 28.6 Å². The van der Waals surface area contributed by atoms with Crippen LogP contribution in [0.1, 0.15) is 40.0 Å². The van der Waals surface area contributed by atoms with Gasteiger partial charge in [-0.3, -0.25) is 20.8 Å². The van der Waals surface area contributed by atoms with Gasteiger partial charge in [0.2, 0.25) is 0 Å². The number of hydrogen-bond donors (Lipinski definition) is 4. The largest absolute Gasteiger partial charge is 0.508 e. The lowest BCUT2D eigenvalue weighted by Crippen LogP contribution is -2.31. The number of carbonyl (C=O) groups is 1. The number of hydrogen-bond acceptors (Lipinski definition) is 11. The molecule has 0 aliphatic heterocycles. The van der Waals surface area contributed by atoms with Crippen molar-refractivity contribution in [2.45, 2.75) is 51.7 Å². The Morgan fingerprint density at radius 2 is 1.73 bits per heavy atom. The van der Waals surface area contributed by atoms with Gasteiger partial charge in [-0.15, -0.1) is 0 Å². The molecule has 0 aliphatic carbocycles. The first kappa shape index (κ1) is 20.9. The molecule has 0 spiro atoms. The molecule has 4 N–H and O–H groups in total. The molecule has 0 amide bonds. The predicted molar refractivity (Wildman–Crippen MR) is 67.7 cm³/mol. The summed E-state index contributed by atoms with van der Waals surface area (Å²) in [7, 11) is 0. The average Bonchev–Trinajstić information content (AvgIpc) is 2.32. The summed E-state index contributed by atoms with van der Waals surface area (Å²) >= 11 is 0. The molecule has 0 fully saturated rings. The molecule has 0 saturated carbocycles. The molecule has 1 unspecified atom stereocenters. The SMILES string of the molecule is CC(C)(C)OC(=O)OCCCCC(CON(O)O)ON(O)O. The minimum absolute atomic E-state index is 0.122. The van der Waals surface area contributed by atoms with Crippen molar-refractivity contribution in [3.63, 3.8) is 0 Å². The molecule has 132 valence electrons. The van der Waals surface area contributed by atoms with Crippen LogP contribution in [0, 0.1) is 0 Å². The Bertz CT molecular complexity index is 306. The number of carbonyl (C=O) groups excluding carboxylic acids is 1. The van der Waals surface area contributed by atoms with Crippen LogP contribution in [0.25, 0.3) is 0 Å². The van der Waals surface area contributed by atoms with Gasteiger partial charge in [0.15, 0.2) is 0 Å². The van der Waals surface area contributed by atoms with Crippen molar-refractivity contribution in [1.29, 1.82) is 0 Å². The van der Waals surface area contributed by atoms with Gasteiger partial charge < -0.3 is 9.47 Å². The van der Waals surface area contributed by atoms with Crippen LogP contribution in [0.15, 0.2) is 0 Å². The van der Waals surface area contributed by atoms with E-state index in [4.69, 9.17) is 30.3 Å². The van der Waals surface area contributed by atoms with Gasteiger partial charge in [-0.05, 0) is 40.0 Å². The van der Waals surface area contributed by atoms with Crippen molar-refractivity contribution in [2.75, 3.05) is 13.2 Å². The van der Waals surface area contributed by atoms with Crippen molar-refractivity contribution in [3.05, 3.63) is 0 Å². The van der Waals surface area contributed by atoms with E-state index in [0.29, 0.717) is 12.8 Å². The van der Waals surface area contributed by atoms with Crippen molar-refractivity contribution >= 4 is 6.16 Å². The summed E-state index contributed by atoms with van der Waals surface area (Å²) in [5, 5.41) is 32.9. The monoisotopic (exact) mass is 328 g/mol. The molecule has 0 aromatic rings. The standard InChI is InChI=1S/C11H24N2O9/c1-11(2,3)21-10(14)19-7-5-4-6-9(22-13(17)18)8-20-12(15)16/h9,15-18H,4-8H2,1-3H3. The maximum Gasteiger partial charge on any atom is 0.508 e. The average molecular weight is 328 g/mol. The Kier molecular flexibility index (Phi) is 10.1. The van der Waals surface area contributed by atoms with E-state index in [0.717, 1.165) is 0 Å². The molecule has 0 rings (SSSR count). The van der Waals surface area contributed by atoms with Gasteiger partial charge >= 0.3 is 6.16 Å². The molecule has 0 radical (unpaired) electrons. The summed E-state index contributed by atoms with van der Waals surface area (Å²) in [6.45, 7) is 4.94. The normalized spacial score (nSPS) is 13.5. The maximum atomic E-state index is 11.3. The summed E-state index contributed by atoms with van der Waals surface area (Å²) in [5.41, 5.74) is -0.625. The summed E-state index contributed by atoms with van der Waals surface area (Å²) in [4.78, 5) is 20.1. The van der Waals surface area contributed by atoms with E-state index in [1.54, 1.807) is 20.8 Å². The maximum absolute atomic E-state index is 11.3. The highest BCUT2D eigenvalue weighted by Crippen LogP contribution is 2.10. The highest BCUT2D eigenvalue weighted by atomic mass is 17.1. The lowest BCUT2D eigenvalue weighted by molar-refractivity contribution is -0.527. The number of rotatable bonds is 10. The van der Waals surface area contributed by atoms with Crippen LogP contribution in [0.3, 0.4) is 0 Å². The van der Waals surface area contributed by atoms with Crippen molar-refractivity contribution in [1.82, 2.24) is 10.8 Å². The van der Waals surface area contributed by atoms with Crippen LogP contribution in [0.4, 0.5) is 4.79 Å². The summed E-state index contributed by atoms with van der Waals surface area (Å²) < 4.78 is 9.79. The first-order valence-corrected chi connectivity index (χ1v) is 6.61. The van der Waals surface area contributed by atoms with Crippen LogP contribution in [-0.4, -0.2) is 62.7 Å². The van der Waals surface area contributed by atoms with Gasteiger partial charge in [-0.2, -0.15) is 0 Å². The zero-order valence-corrected chi connectivity index (χ0v) is 12.8. The second-order valence-electron chi connectivity index (χ2n) is 5.34. The lowest BCUT2D eigenvalue weighted by atomic mass is 10.2. The lowest BCUT2D eigenvalue weighted by Gasteiger charge is -2.19. The van der Waals surface area contributed by atoms with Crippen LogP contribution >= 0.6 is 0 Å². The topological polar surface area (TPSA) is 141 Å². The van der Waals surface area contributed by atoms with E-state index in [1.165, 1.54) is 0 Å². The van der Waals surface area contributed by atoms with E-state index in [-0.39, 0.29) is 19.6 Å². The number of nitrogens with zero attached hydrogens (tertiary/aromatic N) is 2. The Morgan fingerprint density at radius 1 is 1.09 bits per heavy atom. The molecule has 0 saturated heterocycles. The third-order valence-corrected chi connectivity index (χ3v) is 2.15. The van der Waals surface area contributed by atoms with Crippen LogP contribution in [0.5, 0.6) is 0 Å². The van der Waals surface area contributed by atoms with E-state index in [9.17, 15) is 4.79 Å². The fraction of sp³-hybridized carbons (Fsp3) is 0.909. The fourth-order valence-electron chi connectivity index (χ4n) is 1.36. The molecule has 1 atom stereocenters. The summed E-state index contributed by atoms with van der Waals surface area (Å²) in [5.74, 6) is 0. The Hall–Kier alpha value is -1.05. The van der Waals surface area contributed by atoms with Crippen LogP contribution in [-0.2, 0) is 19.1 Å². The Balaban J connectivity index is 3.85. The van der Waals surface area contributed by atoms with Gasteiger partial charge in [-0.25, -0.2) is 14.5 Å². The highest BCUT2D eigenvalue weighted by Gasteiger charge is 2.18. The highest BCUT2D eigenvalue weighted by molar-refractivity contribution is 5.60. The summed E-state index contributed by atoms with van der Waals surface area (Å²) in [6.07, 6.45) is -0.377. The van der Waals surface area contributed by atoms with Crippen LogP contribution < -0.4 is 0 Å². The van der Waals surface area contributed by atoms with Crippen molar-refractivity contribution < 1.29 is 44.8 Å². The van der Waals surface area contributed by atoms with E-state index in [1.807, 2.05) is 0 Å². The van der Waals surface area contributed by atoms with Gasteiger partial charge in [0, 0.05) is 0 Å². The minimum atomic E-state index is -0.849. The molecule has 22 heavy (non-hydrogen) atoms. The van der Waals surface area contributed by atoms with Gasteiger partial charge in [0.05, 0.1) is 17.4 Å². The summed E-state index contributed by atoms with van der Waals surface area (Å²) in [6, 6.07) is 0. The number of ether oxygens (including phenoxy) is 2. The number of unbranched alkanes of at least 4 members (excludes halogenated alkanes) is 1. The van der Waals surface area contributed by atoms with Gasteiger partial charge in [0.25, 0.3) is 0 Å². The molecule has 0 aliphatic rings. The smallest absolute Gasteiger partial charge is 0.434 e. The third-order valence-electron chi connectivity index (χ3n) is 2.15. The molecule has 0 bridgehead atoms. The first-order chi connectivity index (χ1) is 10.1. The van der Waals surface area contributed by atoms with Crippen molar-refractivity contribution in [2.24, 2.45) is 0 Å². The molecule has 0 aromatic carbocycles. The fourth-order valence-corrected chi connectivity index (χ4v) is 1.36. The zero-order valence-electron chi connectivity index (χ0n) is 12.8. The first-order valence-electron chi connectivity index (χ1n) is 6.61. The van der Waals surface area contributed by atoms with Crippen LogP contribution in [0.2, 0.25) is 0 Å². The second-order valence-corrected chi connectivity index (χ2v) is 5.34. The Morgan fingerprint density at radius 3 is 2.23 bits per heavy atom.